The maximum atomic E-state index is 12.9. The largest absolute Gasteiger partial charge is 0.506 e. The molecule has 0 saturated heterocycles. The number of aliphatic hydroxyl groups is 1. The molecule has 0 unspecified atom stereocenters. The zero-order valence-corrected chi connectivity index (χ0v) is 21.4. The van der Waals surface area contributed by atoms with E-state index < -0.39 is 0 Å². The number of carbonyl (C=O) groups excluding carboxylic acids is 1. The normalized spacial score (nSPS) is 17.4. The standard InChI is InChI=1S/C28H34O2S2/c1-5-9-21-13-19(14-22(31-21)10-6-2)17-25-27(29)26(28(25)30)18-20-15-23(11-7-3)32-24(16-20)12-8-4/h13-18H,5-12H2,1-4H3/p+1. The van der Waals surface area contributed by atoms with Crippen LogP contribution >= 0.6 is 23.1 Å². The number of rotatable bonds is 10. The lowest BCUT2D eigenvalue weighted by Gasteiger charge is -2.21. The van der Waals surface area contributed by atoms with Gasteiger partial charge in [0.25, 0.3) is 0 Å². The topological polar surface area (TPSA) is 37.3 Å². The predicted octanol–water partition coefficient (Wildman–Crippen LogP) is 8.75. The van der Waals surface area contributed by atoms with Crippen molar-refractivity contribution in [3.8, 4) is 0 Å². The quantitative estimate of drug-likeness (QED) is 0.276. The Morgan fingerprint density at radius 2 is 1.38 bits per heavy atom. The van der Waals surface area contributed by atoms with Gasteiger partial charge in [-0.1, -0.05) is 52.3 Å². The number of hydrogen-bond donors (Lipinski definition) is 1. The molecule has 1 aliphatic carbocycles. The molecule has 1 aromatic rings. The Kier molecular flexibility index (Phi) is 9.12. The summed E-state index contributed by atoms with van der Waals surface area (Å²) in [6.45, 7) is 8.74. The molecule has 0 saturated carbocycles. The number of hydrogen-bond acceptors (Lipinski definition) is 3. The molecule has 0 aromatic carbocycles. The van der Waals surface area contributed by atoms with Gasteiger partial charge in [0, 0.05) is 25.0 Å². The summed E-state index contributed by atoms with van der Waals surface area (Å²) < 4.78 is 0. The molecule has 0 spiro atoms. The second-order valence-electron chi connectivity index (χ2n) is 8.44. The first-order valence-corrected chi connectivity index (χ1v) is 13.6. The second-order valence-corrected chi connectivity index (χ2v) is 10.9. The van der Waals surface area contributed by atoms with Crippen molar-refractivity contribution in [2.75, 3.05) is 0 Å². The Hall–Kier alpha value is -1.91. The number of ketones is 1. The van der Waals surface area contributed by atoms with Crippen LogP contribution in [0.5, 0.6) is 0 Å². The number of aliphatic hydroxyl groups excluding tert-OH is 1. The maximum absolute atomic E-state index is 12.9. The Morgan fingerprint density at radius 1 is 0.844 bits per heavy atom. The van der Waals surface area contributed by atoms with E-state index in [1.807, 2.05) is 35.3 Å². The van der Waals surface area contributed by atoms with E-state index in [1.54, 1.807) is 0 Å². The van der Waals surface area contributed by atoms with E-state index in [1.165, 1.54) is 19.6 Å². The molecule has 1 aromatic heterocycles. The van der Waals surface area contributed by atoms with Crippen LogP contribution in [0.2, 0.25) is 0 Å². The highest BCUT2D eigenvalue weighted by Crippen LogP contribution is 2.39. The molecular weight excluding hydrogens is 432 g/mol. The first-order chi connectivity index (χ1) is 15.5. The molecule has 0 bridgehead atoms. The van der Waals surface area contributed by atoms with Crippen LogP contribution in [0.4, 0.5) is 0 Å². The van der Waals surface area contributed by atoms with Gasteiger partial charge < -0.3 is 5.11 Å². The molecule has 0 radical (unpaired) electrons. The molecule has 1 N–H and O–H groups in total. The lowest BCUT2D eigenvalue weighted by Crippen LogP contribution is -2.21. The molecule has 2 heterocycles. The van der Waals surface area contributed by atoms with Crippen LogP contribution in [-0.2, 0) is 17.6 Å². The third kappa shape index (κ3) is 6.11. The molecule has 0 amide bonds. The number of aryl methyl sites for hydroxylation is 2. The maximum Gasteiger partial charge on any atom is 0.218 e. The minimum atomic E-state index is -0.0641. The van der Waals surface area contributed by atoms with E-state index in [9.17, 15) is 9.90 Å². The smallest absolute Gasteiger partial charge is 0.218 e. The van der Waals surface area contributed by atoms with Crippen molar-refractivity contribution < 1.29 is 9.90 Å². The predicted molar refractivity (Wildman–Crippen MR) is 141 cm³/mol. The fourth-order valence-corrected chi connectivity index (χ4v) is 6.65. The van der Waals surface area contributed by atoms with E-state index in [0.717, 1.165) is 62.5 Å². The fourth-order valence-electron chi connectivity index (χ4n) is 3.97. The minimum Gasteiger partial charge on any atom is -0.506 e. The number of allylic oxidation sites excluding steroid dienone is 8. The highest BCUT2D eigenvalue weighted by Gasteiger charge is 2.32. The van der Waals surface area contributed by atoms with Crippen molar-refractivity contribution >= 4 is 35.0 Å². The summed E-state index contributed by atoms with van der Waals surface area (Å²) in [4.78, 5) is 18.3. The van der Waals surface area contributed by atoms with Crippen LogP contribution in [0.1, 0.15) is 81.5 Å². The summed E-state index contributed by atoms with van der Waals surface area (Å²) in [5, 5.41) is 10.7. The molecular formula is C28H35O2S2+. The zero-order valence-electron chi connectivity index (χ0n) is 19.8. The van der Waals surface area contributed by atoms with Gasteiger partial charge in [-0.05, 0) is 70.9 Å². The fraction of sp³-hybridized carbons (Fsp3) is 0.429. The average molecular weight is 468 g/mol. The van der Waals surface area contributed by atoms with Crippen molar-refractivity contribution in [1.29, 1.82) is 0 Å². The van der Waals surface area contributed by atoms with Crippen molar-refractivity contribution in [3.63, 3.8) is 0 Å². The molecule has 32 heavy (non-hydrogen) atoms. The van der Waals surface area contributed by atoms with Crippen LogP contribution in [0.25, 0.3) is 6.08 Å². The van der Waals surface area contributed by atoms with Crippen molar-refractivity contribution in [2.24, 2.45) is 0 Å². The first kappa shape index (κ1) is 24.7. The summed E-state index contributed by atoms with van der Waals surface area (Å²) >= 11 is 3.72. The summed E-state index contributed by atoms with van der Waals surface area (Å²) in [6, 6.07) is 4.32. The van der Waals surface area contributed by atoms with Gasteiger partial charge in [-0.25, -0.2) is 0 Å². The van der Waals surface area contributed by atoms with Crippen LogP contribution in [0.3, 0.4) is 0 Å². The summed E-state index contributed by atoms with van der Waals surface area (Å²) in [6.07, 6.45) is 16.6. The van der Waals surface area contributed by atoms with Crippen molar-refractivity contribution in [2.45, 2.75) is 79.1 Å². The van der Waals surface area contributed by atoms with Gasteiger partial charge in [0.2, 0.25) is 26.9 Å². The molecule has 1 aliphatic heterocycles. The Morgan fingerprint density at radius 3 is 1.84 bits per heavy atom. The summed E-state index contributed by atoms with van der Waals surface area (Å²) in [7, 11) is 0. The van der Waals surface area contributed by atoms with Gasteiger partial charge in [0.1, 0.15) is 5.76 Å². The zero-order chi connectivity index (χ0) is 23.1. The van der Waals surface area contributed by atoms with Gasteiger partial charge in [-0.3, -0.25) is 4.79 Å². The minimum absolute atomic E-state index is 0.0641. The van der Waals surface area contributed by atoms with Crippen molar-refractivity contribution in [3.05, 3.63) is 78.0 Å². The van der Waals surface area contributed by atoms with E-state index in [-0.39, 0.29) is 11.5 Å². The average Bonchev–Trinajstić information content (AvgIpc) is 2.76. The molecule has 3 rings (SSSR count). The van der Waals surface area contributed by atoms with Crippen LogP contribution in [0.15, 0.2) is 62.6 Å². The second kappa shape index (κ2) is 11.8. The lowest BCUT2D eigenvalue weighted by atomic mass is 9.85. The van der Waals surface area contributed by atoms with Crippen molar-refractivity contribution in [1.82, 2.24) is 0 Å². The van der Waals surface area contributed by atoms with Gasteiger partial charge in [-0.2, -0.15) is 0 Å². The molecule has 0 fully saturated rings. The molecule has 2 aliphatic rings. The third-order valence-corrected chi connectivity index (χ3v) is 7.78. The van der Waals surface area contributed by atoms with Crippen LogP contribution in [-0.4, -0.2) is 10.9 Å². The van der Waals surface area contributed by atoms with E-state index in [0.29, 0.717) is 11.1 Å². The molecule has 170 valence electrons. The highest BCUT2D eigenvalue weighted by molar-refractivity contribution is 8.06. The molecule has 2 nitrogen and oxygen atoms in total. The Balaban J connectivity index is 1.91. The van der Waals surface area contributed by atoms with Crippen LogP contribution < -0.4 is 0 Å². The first-order valence-electron chi connectivity index (χ1n) is 12.0. The SMILES string of the molecule is CCCC1=CC(=CC2=C(O)C(=Cc3cc(CCC)[s+]c(CCC)c3)C2=O)C=C(CCC)S1. The summed E-state index contributed by atoms with van der Waals surface area (Å²) in [5.41, 5.74) is 2.89. The van der Waals surface area contributed by atoms with E-state index in [2.05, 4.69) is 52.0 Å². The number of Topliss-reactive ketones (excluding diaryl/α,β-unsaturated/α-hetero) is 1. The van der Waals surface area contributed by atoms with Gasteiger partial charge in [-0.15, -0.1) is 0 Å². The number of thioether (sulfide) groups is 1. The van der Waals surface area contributed by atoms with E-state index >= 15 is 0 Å². The Bertz CT molecular complexity index is 974. The van der Waals surface area contributed by atoms with Gasteiger partial charge in [0.15, 0.2) is 0 Å². The molecule has 0 atom stereocenters. The Labute approximate surface area is 201 Å². The third-order valence-electron chi connectivity index (χ3n) is 5.44. The van der Waals surface area contributed by atoms with E-state index in [4.69, 9.17) is 0 Å². The lowest BCUT2D eigenvalue weighted by molar-refractivity contribution is -0.113. The van der Waals surface area contributed by atoms with Gasteiger partial charge >= 0.3 is 0 Å². The number of carbonyl (C=O) groups is 1. The summed E-state index contributed by atoms with van der Waals surface area (Å²) in [5.74, 6) is 0.0592. The van der Waals surface area contributed by atoms with Gasteiger partial charge in [0.05, 0.1) is 11.1 Å². The van der Waals surface area contributed by atoms with Crippen LogP contribution in [0, 0.1) is 0 Å². The monoisotopic (exact) mass is 467 g/mol. The molecule has 4 heteroatoms. The highest BCUT2D eigenvalue weighted by atomic mass is 32.2.